The predicted molar refractivity (Wildman–Crippen MR) is 70.8 cm³/mol. The summed E-state index contributed by atoms with van der Waals surface area (Å²) < 4.78 is 22.6. The van der Waals surface area contributed by atoms with Crippen molar-refractivity contribution in [3.63, 3.8) is 0 Å². The molecule has 5 heteroatoms. The van der Waals surface area contributed by atoms with Crippen LogP contribution in [0.2, 0.25) is 0 Å². The van der Waals surface area contributed by atoms with Crippen molar-refractivity contribution in [2.45, 2.75) is 12.7 Å². The fourth-order valence-electron chi connectivity index (χ4n) is 1.50. The second kappa shape index (κ2) is 4.58. The van der Waals surface area contributed by atoms with Gasteiger partial charge in [-0.15, -0.1) is 11.3 Å². The lowest BCUT2D eigenvalue weighted by atomic mass is 10.2. The van der Waals surface area contributed by atoms with E-state index in [4.69, 9.17) is 0 Å². The van der Waals surface area contributed by atoms with Crippen LogP contribution in [-0.4, -0.2) is 19.7 Å². The number of aryl methyl sites for hydroxylation is 1. The molecule has 0 atom stereocenters. The van der Waals surface area contributed by atoms with Crippen molar-refractivity contribution in [1.29, 1.82) is 0 Å². The van der Waals surface area contributed by atoms with E-state index >= 15 is 0 Å². The standard InChI is InChI=1S/C12H13NO2S2/c1-9-11(8-17(2,14)15)16-12(13-9)10-6-4-3-5-7-10/h3-7H,8H2,1-2H3. The van der Waals surface area contributed by atoms with Crippen LogP contribution in [0, 0.1) is 6.92 Å². The molecule has 1 aromatic heterocycles. The molecule has 0 aliphatic rings. The molecular weight excluding hydrogens is 254 g/mol. The first-order valence-electron chi connectivity index (χ1n) is 5.15. The number of hydrogen-bond acceptors (Lipinski definition) is 4. The van der Waals surface area contributed by atoms with Crippen LogP contribution < -0.4 is 0 Å². The lowest BCUT2D eigenvalue weighted by Crippen LogP contribution is -1.99. The molecule has 90 valence electrons. The van der Waals surface area contributed by atoms with Crippen LogP contribution in [0.25, 0.3) is 10.6 Å². The second-order valence-corrected chi connectivity index (χ2v) is 7.19. The SMILES string of the molecule is Cc1nc(-c2ccccc2)sc1CS(C)(=O)=O. The van der Waals surface area contributed by atoms with Crippen molar-refractivity contribution in [3.8, 4) is 10.6 Å². The van der Waals surface area contributed by atoms with Crippen molar-refractivity contribution in [2.75, 3.05) is 6.26 Å². The summed E-state index contributed by atoms with van der Waals surface area (Å²) in [5.41, 5.74) is 1.83. The minimum Gasteiger partial charge on any atom is -0.241 e. The molecule has 0 unspecified atom stereocenters. The van der Waals surface area contributed by atoms with Gasteiger partial charge in [-0.05, 0) is 6.92 Å². The number of aromatic nitrogens is 1. The Hall–Kier alpha value is -1.20. The van der Waals surface area contributed by atoms with E-state index in [0.29, 0.717) is 0 Å². The largest absolute Gasteiger partial charge is 0.241 e. The molecule has 3 nitrogen and oxygen atoms in total. The maximum absolute atomic E-state index is 11.3. The Labute approximate surface area is 105 Å². The van der Waals surface area contributed by atoms with Gasteiger partial charge in [-0.1, -0.05) is 30.3 Å². The van der Waals surface area contributed by atoms with Gasteiger partial charge in [-0.2, -0.15) is 0 Å². The summed E-state index contributed by atoms with van der Waals surface area (Å²) >= 11 is 1.45. The quantitative estimate of drug-likeness (QED) is 0.859. The maximum Gasteiger partial charge on any atom is 0.152 e. The molecule has 0 radical (unpaired) electrons. The Morgan fingerprint density at radius 2 is 1.88 bits per heavy atom. The average molecular weight is 267 g/mol. The van der Waals surface area contributed by atoms with Crippen LogP contribution in [0.3, 0.4) is 0 Å². The first-order chi connectivity index (χ1) is 7.96. The van der Waals surface area contributed by atoms with Crippen LogP contribution in [0.15, 0.2) is 30.3 Å². The highest BCUT2D eigenvalue weighted by atomic mass is 32.2. The third-order valence-corrected chi connectivity index (χ3v) is 4.51. The molecule has 0 N–H and O–H groups in total. The Morgan fingerprint density at radius 3 is 2.47 bits per heavy atom. The van der Waals surface area contributed by atoms with Gasteiger partial charge in [-0.3, -0.25) is 0 Å². The summed E-state index contributed by atoms with van der Waals surface area (Å²) in [7, 11) is -3.00. The van der Waals surface area contributed by atoms with Crippen LogP contribution in [0.1, 0.15) is 10.6 Å². The third-order valence-electron chi connectivity index (χ3n) is 2.31. The predicted octanol–water partition coefficient (Wildman–Crippen LogP) is 2.66. The molecule has 0 aliphatic heterocycles. The van der Waals surface area contributed by atoms with E-state index in [0.717, 1.165) is 21.1 Å². The number of benzene rings is 1. The van der Waals surface area contributed by atoms with Gasteiger partial charge >= 0.3 is 0 Å². The topological polar surface area (TPSA) is 47.0 Å². The monoisotopic (exact) mass is 267 g/mol. The van der Waals surface area contributed by atoms with Crippen molar-refractivity contribution in [1.82, 2.24) is 4.98 Å². The van der Waals surface area contributed by atoms with E-state index in [2.05, 4.69) is 4.98 Å². The first kappa shape index (κ1) is 12.3. The van der Waals surface area contributed by atoms with E-state index < -0.39 is 9.84 Å². The molecule has 0 saturated heterocycles. The van der Waals surface area contributed by atoms with E-state index in [1.54, 1.807) is 0 Å². The van der Waals surface area contributed by atoms with E-state index in [-0.39, 0.29) is 5.75 Å². The summed E-state index contributed by atoms with van der Waals surface area (Å²) in [6, 6.07) is 9.79. The average Bonchev–Trinajstić information content (AvgIpc) is 2.59. The molecule has 0 bridgehead atoms. The number of thiazole rings is 1. The van der Waals surface area contributed by atoms with Crippen LogP contribution in [-0.2, 0) is 15.6 Å². The van der Waals surface area contributed by atoms with E-state index in [1.165, 1.54) is 17.6 Å². The number of rotatable bonds is 3. The fraction of sp³-hybridized carbons (Fsp3) is 0.250. The maximum atomic E-state index is 11.3. The van der Waals surface area contributed by atoms with Crippen LogP contribution in [0.4, 0.5) is 0 Å². The van der Waals surface area contributed by atoms with E-state index in [9.17, 15) is 8.42 Å². The van der Waals surface area contributed by atoms with Gasteiger partial charge in [0, 0.05) is 16.7 Å². The van der Waals surface area contributed by atoms with E-state index in [1.807, 2.05) is 37.3 Å². The molecular formula is C12H13NO2S2. The lowest BCUT2D eigenvalue weighted by molar-refractivity contribution is 0.601. The van der Waals surface area contributed by atoms with Crippen molar-refractivity contribution in [2.24, 2.45) is 0 Å². The Morgan fingerprint density at radius 1 is 1.24 bits per heavy atom. The zero-order valence-corrected chi connectivity index (χ0v) is 11.3. The summed E-state index contributed by atoms with van der Waals surface area (Å²) in [6.07, 6.45) is 1.24. The van der Waals surface area contributed by atoms with Gasteiger partial charge in [0.1, 0.15) is 5.01 Å². The highest BCUT2D eigenvalue weighted by Crippen LogP contribution is 2.28. The minimum atomic E-state index is -3.00. The lowest BCUT2D eigenvalue weighted by Gasteiger charge is -1.94. The van der Waals surface area contributed by atoms with Crippen LogP contribution in [0.5, 0.6) is 0 Å². The molecule has 0 fully saturated rings. The van der Waals surface area contributed by atoms with Gasteiger partial charge in [0.15, 0.2) is 9.84 Å². The van der Waals surface area contributed by atoms with Crippen molar-refractivity contribution in [3.05, 3.63) is 40.9 Å². The van der Waals surface area contributed by atoms with Gasteiger partial charge in [0.25, 0.3) is 0 Å². The zero-order valence-electron chi connectivity index (χ0n) is 9.67. The molecule has 17 heavy (non-hydrogen) atoms. The number of nitrogens with zero attached hydrogens (tertiary/aromatic N) is 1. The van der Waals surface area contributed by atoms with Gasteiger partial charge < -0.3 is 0 Å². The molecule has 1 aromatic carbocycles. The summed E-state index contributed by atoms with van der Waals surface area (Å²) in [5.74, 6) is 0.0728. The molecule has 2 rings (SSSR count). The molecule has 0 aliphatic carbocycles. The van der Waals surface area contributed by atoms with Crippen LogP contribution >= 0.6 is 11.3 Å². The Kier molecular flexibility index (Phi) is 3.31. The third kappa shape index (κ3) is 3.14. The minimum absolute atomic E-state index is 0.0728. The zero-order chi connectivity index (χ0) is 12.5. The molecule has 2 aromatic rings. The Balaban J connectivity index is 2.38. The molecule has 0 amide bonds. The number of hydrogen-bond donors (Lipinski definition) is 0. The second-order valence-electron chi connectivity index (χ2n) is 3.96. The normalized spacial score (nSPS) is 11.6. The van der Waals surface area contributed by atoms with Gasteiger partial charge in [0.2, 0.25) is 0 Å². The van der Waals surface area contributed by atoms with Crippen molar-refractivity contribution < 1.29 is 8.42 Å². The highest BCUT2D eigenvalue weighted by molar-refractivity contribution is 7.90. The first-order valence-corrected chi connectivity index (χ1v) is 8.03. The highest BCUT2D eigenvalue weighted by Gasteiger charge is 2.13. The smallest absolute Gasteiger partial charge is 0.152 e. The molecule has 1 heterocycles. The van der Waals surface area contributed by atoms with Gasteiger partial charge in [0.05, 0.1) is 11.4 Å². The Bertz CT molecular complexity index is 615. The number of sulfone groups is 1. The fourth-order valence-corrected chi connectivity index (χ4v) is 3.93. The summed E-state index contributed by atoms with van der Waals surface area (Å²) in [4.78, 5) is 5.24. The molecule has 0 saturated carbocycles. The van der Waals surface area contributed by atoms with Gasteiger partial charge in [-0.25, -0.2) is 13.4 Å². The molecule has 0 spiro atoms. The summed E-state index contributed by atoms with van der Waals surface area (Å²) in [5, 5.41) is 0.877. The summed E-state index contributed by atoms with van der Waals surface area (Å²) in [6.45, 7) is 1.85. The van der Waals surface area contributed by atoms with Crippen molar-refractivity contribution >= 4 is 21.2 Å².